The van der Waals surface area contributed by atoms with Gasteiger partial charge in [0.25, 0.3) is 0 Å². The van der Waals surface area contributed by atoms with Crippen LogP contribution in [0.3, 0.4) is 0 Å². The number of nitriles is 1. The molecule has 0 amide bonds. The van der Waals surface area contributed by atoms with Gasteiger partial charge in [0.2, 0.25) is 0 Å². The average Bonchev–Trinajstić information content (AvgIpc) is 2.53. The molecule has 0 aliphatic carbocycles. The quantitative estimate of drug-likeness (QED) is 0.595. The molecule has 2 rings (SSSR count). The van der Waals surface area contributed by atoms with Crippen molar-refractivity contribution in [3.8, 4) is 11.8 Å². The number of rotatable bonds is 6. The van der Waals surface area contributed by atoms with Gasteiger partial charge in [-0.05, 0) is 36.3 Å². The molecule has 0 aromatic heterocycles. The van der Waals surface area contributed by atoms with Crippen LogP contribution in [0.5, 0.6) is 5.75 Å². The SMILES string of the molecule is CC(=O)/C=C/c1cccc(CS(=O)(=O)Oc2ccccc2C#N)c1. The highest BCUT2D eigenvalue weighted by Gasteiger charge is 2.16. The molecule has 0 aliphatic rings. The van der Waals surface area contributed by atoms with Gasteiger partial charge in [-0.2, -0.15) is 13.7 Å². The Kier molecular flexibility index (Phi) is 5.51. The van der Waals surface area contributed by atoms with Crippen LogP contribution in [0.2, 0.25) is 0 Å². The molecule has 24 heavy (non-hydrogen) atoms. The summed E-state index contributed by atoms with van der Waals surface area (Å²) in [5, 5.41) is 8.99. The molecule has 0 saturated carbocycles. The van der Waals surface area contributed by atoms with E-state index < -0.39 is 10.1 Å². The Labute approximate surface area is 140 Å². The number of para-hydroxylation sites is 1. The summed E-state index contributed by atoms with van der Waals surface area (Å²) in [6.07, 6.45) is 3.03. The van der Waals surface area contributed by atoms with E-state index in [0.717, 1.165) is 5.56 Å². The fraction of sp³-hybridized carbons (Fsp3) is 0.111. The molecule has 2 aromatic carbocycles. The summed E-state index contributed by atoms with van der Waals surface area (Å²) >= 11 is 0. The summed E-state index contributed by atoms with van der Waals surface area (Å²) in [7, 11) is -3.91. The van der Waals surface area contributed by atoms with Gasteiger partial charge in [0, 0.05) is 0 Å². The number of benzene rings is 2. The number of nitrogens with zero attached hydrogens (tertiary/aromatic N) is 1. The number of ketones is 1. The lowest BCUT2D eigenvalue weighted by Gasteiger charge is -2.08. The molecule has 0 fully saturated rings. The van der Waals surface area contributed by atoms with Crippen LogP contribution in [-0.4, -0.2) is 14.2 Å². The van der Waals surface area contributed by atoms with Crippen molar-refractivity contribution in [1.82, 2.24) is 0 Å². The molecule has 6 heteroatoms. The zero-order chi connectivity index (χ0) is 17.6. The van der Waals surface area contributed by atoms with Crippen LogP contribution in [0.1, 0.15) is 23.6 Å². The highest BCUT2D eigenvalue weighted by molar-refractivity contribution is 7.86. The van der Waals surface area contributed by atoms with Crippen LogP contribution in [0.25, 0.3) is 6.08 Å². The minimum atomic E-state index is -3.91. The van der Waals surface area contributed by atoms with Gasteiger partial charge >= 0.3 is 10.1 Å². The molecule has 0 unspecified atom stereocenters. The Morgan fingerprint density at radius 2 is 1.96 bits per heavy atom. The summed E-state index contributed by atoms with van der Waals surface area (Å²) in [5.41, 5.74) is 1.39. The molecule has 5 nitrogen and oxygen atoms in total. The van der Waals surface area contributed by atoms with Gasteiger partial charge in [0.1, 0.15) is 11.8 Å². The molecule has 0 saturated heterocycles. The van der Waals surface area contributed by atoms with Crippen molar-refractivity contribution in [2.45, 2.75) is 12.7 Å². The maximum Gasteiger partial charge on any atom is 0.313 e. The van der Waals surface area contributed by atoms with Gasteiger partial charge in [-0.25, -0.2) is 0 Å². The highest BCUT2D eigenvalue weighted by Crippen LogP contribution is 2.20. The summed E-state index contributed by atoms with van der Waals surface area (Å²) in [6, 6.07) is 14.8. The number of carbonyl (C=O) groups excluding carboxylic acids is 1. The number of carbonyl (C=O) groups is 1. The van der Waals surface area contributed by atoms with E-state index in [1.165, 1.54) is 25.1 Å². The normalized spacial score (nSPS) is 11.2. The van der Waals surface area contributed by atoms with Crippen LogP contribution in [0.15, 0.2) is 54.6 Å². The van der Waals surface area contributed by atoms with Gasteiger partial charge in [0.15, 0.2) is 11.5 Å². The third-order valence-corrected chi connectivity index (χ3v) is 4.15. The Bertz CT molecular complexity index is 924. The van der Waals surface area contributed by atoms with E-state index in [-0.39, 0.29) is 22.8 Å². The van der Waals surface area contributed by atoms with E-state index in [9.17, 15) is 13.2 Å². The first kappa shape index (κ1) is 17.4. The van der Waals surface area contributed by atoms with Crippen LogP contribution in [0.4, 0.5) is 0 Å². The number of hydrogen-bond acceptors (Lipinski definition) is 5. The van der Waals surface area contributed by atoms with E-state index >= 15 is 0 Å². The summed E-state index contributed by atoms with van der Waals surface area (Å²) in [4.78, 5) is 11.0. The molecule has 0 spiro atoms. The summed E-state index contributed by atoms with van der Waals surface area (Å²) in [6.45, 7) is 1.44. The second kappa shape index (κ2) is 7.57. The maximum atomic E-state index is 12.2. The zero-order valence-corrected chi connectivity index (χ0v) is 13.8. The maximum absolute atomic E-state index is 12.2. The standard InChI is InChI=1S/C18H15NO4S/c1-14(20)9-10-15-5-4-6-16(11-15)13-24(21,22)23-18-8-3-2-7-17(18)12-19/h2-11H,13H2,1H3/b10-9+. The molecular weight excluding hydrogens is 326 g/mol. The van der Waals surface area contributed by atoms with Crippen LogP contribution < -0.4 is 4.18 Å². The lowest BCUT2D eigenvalue weighted by molar-refractivity contribution is -0.112. The van der Waals surface area contributed by atoms with Gasteiger partial charge < -0.3 is 4.18 Å². The first-order chi connectivity index (χ1) is 11.4. The Hall–Kier alpha value is -2.91. The van der Waals surface area contributed by atoms with E-state index in [4.69, 9.17) is 9.44 Å². The van der Waals surface area contributed by atoms with E-state index in [0.29, 0.717) is 5.56 Å². The van der Waals surface area contributed by atoms with Crippen molar-refractivity contribution in [2.75, 3.05) is 0 Å². The fourth-order valence-electron chi connectivity index (χ4n) is 2.00. The second-order valence-electron chi connectivity index (χ2n) is 5.08. The molecular formula is C18H15NO4S. The van der Waals surface area contributed by atoms with Crippen molar-refractivity contribution in [1.29, 1.82) is 5.26 Å². The Morgan fingerprint density at radius 3 is 2.67 bits per heavy atom. The topological polar surface area (TPSA) is 84.2 Å². The Balaban J connectivity index is 2.19. The Morgan fingerprint density at radius 1 is 1.21 bits per heavy atom. The number of hydrogen-bond donors (Lipinski definition) is 0. The van der Waals surface area contributed by atoms with Crippen LogP contribution >= 0.6 is 0 Å². The first-order valence-corrected chi connectivity index (χ1v) is 8.66. The van der Waals surface area contributed by atoms with Crippen molar-refractivity contribution in [3.63, 3.8) is 0 Å². The van der Waals surface area contributed by atoms with E-state index in [1.54, 1.807) is 42.5 Å². The molecule has 0 N–H and O–H groups in total. The van der Waals surface area contributed by atoms with Crippen LogP contribution in [-0.2, 0) is 20.7 Å². The van der Waals surface area contributed by atoms with Gasteiger partial charge in [-0.15, -0.1) is 0 Å². The molecule has 0 aliphatic heterocycles. The van der Waals surface area contributed by atoms with Crippen molar-refractivity contribution >= 4 is 22.0 Å². The molecule has 2 aromatic rings. The fourth-order valence-corrected chi connectivity index (χ4v) is 3.07. The highest BCUT2D eigenvalue weighted by atomic mass is 32.2. The van der Waals surface area contributed by atoms with Crippen molar-refractivity contribution < 1.29 is 17.4 Å². The molecule has 0 heterocycles. The van der Waals surface area contributed by atoms with E-state index in [2.05, 4.69) is 0 Å². The summed E-state index contributed by atoms with van der Waals surface area (Å²) in [5.74, 6) is -0.425. The van der Waals surface area contributed by atoms with Gasteiger partial charge in [-0.3, -0.25) is 4.79 Å². The monoisotopic (exact) mass is 341 g/mol. The minimum absolute atomic E-state index is 0.00706. The predicted octanol–water partition coefficient (Wildman–Crippen LogP) is 3.07. The number of allylic oxidation sites excluding steroid dienone is 1. The van der Waals surface area contributed by atoms with E-state index in [1.807, 2.05) is 6.07 Å². The largest absolute Gasteiger partial charge is 0.381 e. The third kappa shape index (κ3) is 5.07. The lowest BCUT2D eigenvalue weighted by Crippen LogP contribution is -2.12. The second-order valence-corrected chi connectivity index (χ2v) is 6.65. The minimum Gasteiger partial charge on any atom is -0.381 e. The molecule has 122 valence electrons. The zero-order valence-electron chi connectivity index (χ0n) is 13.0. The van der Waals surface area contributed by atoms with Crippen molar-refractivity contribution in [3.05, 3.63) is 71.3 Å². The average molecular weight is 341 g/mol. The van der Waals surface area contributed by atoms with Crippen LogP contribution in [0, 0.1) is 11.3 Å². The molecule has 0 atom stereocenters. The van der Waals surface area contributed by atoms with Crippen molar-refractivity contribution in [2.24, 2.45) is 0 Å². The predicted molar refractivity (Wildman–Crippen MR) is 90.6 cm³/mol. The summed E-state index contributed by atoms with van der Waals surface area (Å²) < 4.78 is 29.5. The van der Waals surface area contributed by atoms with Gasteiger partial charge in [-0.1, -0.05) is 42.5 Å². The third-order valence-electron chi connectivity index (χ3n) is 3.03. The first-order valence-electron chi connectivity index (χ1n) is 7.08. The molecule has 0 bridgehead atoms. The molecule has 0 radical (unpaired) electrons. The smallest absolute Gasteiger partial charge is 0.313 e. The lowest BCUT2D eigenvalue weighted by atomic mass is 10.1. The van der Waals surface area contributed by atoms with Gasteiger partial charge in [0.05, 0.1) is 5.56 Å².